The number of halogens is 2. The number of hydrogen-bond donors (Lipinski definition) is 1. The van der Waals surface area contributed by atoms with Crippen LogP contribution in [0.2, 0.25) is 0 Å². The summed E-state index contributed by atoms with van der Waals surface area (Å²) in [6.07, 6.45) is 0. The van der Waals surface area contributed by atoms with Gasteiger partial charge >= 0.3 is 0 Å². The summed E-state index contributed by atoms with van der Waals surface area (Å²) in [6.45, 7) is 7.22. The molecule has 1 aromatic rings. The number of nitrogens with one attached hydrogen (secondary N) is 1. The summed E-state index contributed by atoms with van der Waals surface area (Å²) in [4.78, 5) is 2.37. The Kier molecular flexibility index (Phi) is 4.17. The molecule has 2 unspecified atom stereocenters. The van der Waals surface area contributed by atoms with Gasteiger partial charge in [-0.2, -0.15) is 0 Å². The fourth-order valence-corrected chi connectivity index (χ4v) is 2.71. The molecule has 0 spiro atoms. The van der Waals surface area contributed by atoms with Gasteiger partial charge in [-0.25, -0.2) is 4.39 Å². The quantitative estimate of drug-likeness (QED) is 0.903. The third-order valence-corrected chi connectivity index (χ3v) is 3.67. The van der Waals surface area contributed by atoms with Gasteiger partial charge in [0.05, 0.1) is 4.47 Å². The molecule has 2 rings (SSSR count). The van der Waals surface area contributed by atoms with Gasteiger partial charge in [0.25, 0.3) is 0 Å². The van der Waals surface area contributed by atoms with Crippen LogP contribution in [0.25, 0.3) is 0 Å². The second-order valence-corrected chi connectivity index (χ2v) is 5.77. The van der Waals surface area contributed by atoms with Crippen molar-refractivity contribution < 1.29 is 4.39 Å². The minimum atomic E-state index is -0.182. The lowest BCUT2D eigenvalue weighted by Gasteiger charge is -2.36. The Hall–Kier alpha value is -0.450. The van der Waals surface area contributed by atoms with Crippen molar-refractivity contribution in [2.75, 3.05) is 13.1 Å². The first-order valence-corrected chi connectivity index (χ1v) is 6.76. The Bertz CT molecular complexity index is 387. The van der Waals surface area contributed by atoms with Crippen molar-refractivity contribution in [3.8, 4) is 0 Å². The maximum atomic E-state index is 13.4. The van der Waals surface area contributed by atoms with Gasteiger partial charge in [-0.3, -0.25) is 4.90 Å². The summed E-state index contributed by atoms with van der Waals surface area (Å²) in [5, 5.41) is 3.49. The molecule has 1 fully saturated rings. The molecule has 1 saturated heterocycles. The van der Waals surface area contributed by atoms with E-state index in [1.807, 2.05) is 6.07 Å². The predicted octanol–water partition coefficient (Wildman–Crippen LogP) is 2.77. The lowest BCUT2D eigenvalue weighted by Crippen LogP contribution is -2.53. The van der Waals surface area contributed by atoms with E-state index in [0.717, 1.165) is 25.2 Å². The Labute approximate surface area is 110 Å². The molecule has 0 aromatic heterocycles. The topological polar surface area (TPSA) is 15.3 Å². The van der Waals surface area contributed by atoms with Crippen LogP contribution in [0, 0.1) is 5.82 Å². The molecule has 0 aliphatic carbocycles. The molecule has 1 aliphatic rings. The number of nitrogens with zero attached hydrogens (tertiary/aromatic N) is 1. The van der Waals surface area contributed by atoms with Crippen LogP contribution in [0.4, 0.5) is 4.39 Å². The standard InChI is InChI=1S/C13H18BrFN2/c1-9-6-17(7-10(2)16-9)8-11-3-4-12(14)13(15)5-11/h3-5,9-10,16H,6-8H2,1-2H3. The van der Waals surface area contributed by atoms with Crippen LogP contribution in [0.3, 0.4) is 0 Å². The molecule has 0 bridgehead atoms. The van der Waals surface area contributed by atoms with Crippen LogP contribution in [0.5, 0.6) is 0 Å². The molecule has 2 atom stereocenters. The zero-order valence-electron chi connectivity index (χ0n) is 10.2. The first-order chi connectivity index (χ1) is 8.04. The average molecular weight is 301 g/mol. The predicted molar refractivity (Wildman–Crippen MR) is 71.4 cm³/mol. The molecule has 1 heterocycles. The minimum Gasteiger partial charge on any atom is -0.309 e. The second-order valence-electron chi connectivity index (χ2n) is 4.91. The first-order valence-electron chi connectivity index (χ1n) is 5.97. The van der Waals surface area contributed by atoms with Crippen LogP contribution in [0.1, 0.15) is 19.4 Å². The monoisotopic (exact) mass is 300 g/mol. The van der Waals surface area contributed by atoms with Gasteiger partial charge in [0, 0.05) is 31.7 Å². The summed E-state index contributed by atoms with van der Waals surface area (Å²) in [5.41, 5.74) is 1.03. The van der Waals surface area contributed by atoms with Gasteiger partial charge < -0.3 is 5.32 Å². The highest BCUT2D eigenvalue weighted by atomic mass is 79.9. The molecule has 1 N–H and O–H groups in total. The molecule has 1 aliphatic heterocycles. The molecule has 0 saturated carbocycles. The Balaban J connectivity index is 2.02. The van der Waals surface area contributed by atoms with Gasteiger partial charge in [-0.1, -0.05) is 6.07 Å². The maximum absolute atomic E-state index is 13.4. The summed E-state index contributed by atoms with van der Waals surface area (Å²) in [5.74, 6) is -0.182. The van der Waals surface area contributed by atoms with Crippen molar-refractivity contribution in [2.45, 2.75) is 32.5 Å². The maximum Gasteiger partial charge on any atom is 0.137 e. The number of hydrogen-bond acceptors (Lipinski definition) is 2. The average Bonchev–Trinajstić information content (AvgIpc) is 2.22. The number of benzene rings is 1. The van der Waals surface area contributed by atoms with Crippen LogP contribution in [-0.2, 0) is 6.54 Å². The molecule has 0 amide bonds. The summed E-state index contributed by atoms with van der Waals surface area (Å²) in [7, 11) is 0. The van der Waals surface area contributed by atoms with E-state index in [2.05, 4.69) is 40.0 Å². The van der Waals surface area contributed by atoms with Gasteiger partial charge in [-0.05, 0) is 47.5 Å². The minimum absolute atomic E-state index is 0.182. The number of piperazine rings is 1. The van der Waals surface area contributed by atoms with Gasteiger partial charge in [0.1, 0.15) is 5.82 Å². The van der Waals surface area contributed by atoms with Gasteiger partial charge in [0.2, 0.25) is 0 Å². The lowest BCUT2D eigenvalue weighted by molar-refractivity contribution is 0.166. The Morgan fingerprint density at radius 2 is 2.00 bits per heavy atom. The highest BCUT2D eigenvalue weighted by Crippen LogP contribution is 2.18. The summed E-state index contributed by atoms with van der Waals surface area (Å²) < 4.78 is 13.9. The largest absolute Gasteiger partial charge is 0.309 e. The Morgan fingerprint density at radius 3 is 2.59 bits per heavy atom. The van der Waals surface area contributed by atoms with E-state index in [4.69, 9.17) is 0 Å². The van der Waals surface area contributed by atoms with Crippen molar-refractivity contribution in [2.24, 2.45) is 0 Å². The van der Waals surface area contributed by atoms with E-state index in [9.17, 15) is 4.39 Å². The molecule has 94 valence electrons. The molecule has 1 aromatic carbocycles. The first kappa shape index (κ1) is 13.0. The lowest BCUT2D eigenvalue weighted by atomic mass is 10.1. The summed E-state index contributed by atoms with van der Waals surface area (Å²) >= 11 is 3.18. The Morgan fingerprint density at radius 1 is 1.35 bits per heavy atom. The van der Waals surface area contributed by atoms with Crippen molar-refractivity contribution in [1.82, 2.24) is 10.2 Å². The molecular weight excluding hydrogens is 283 g/mol. The van der Waals surface area contributed by atoms with E-state index in [-0.39, 0.29) is 5.82 Å². The third kappa shape index (κ3) is 3.50. The van der Waals surface area contributed by atoms with Crippen molar-refractivity contribution in [1.29, 1.82) is 0 Å². The van der Waals surface area contributed by atoms with Crippen molar-refractivity contribution >= 4 is 15.9 Å². The highest BCUT2D eigenvalue weighted by molar-refractivity contribution is 9.10. The van der Waals surface area contributed by atoms with Crippen molar-refractivity contribution in [3.05, 3.63) is 34.1 Å². The van der Waals surface area contributed by atoms with E-state index in [1.54, 1.807) is 12.1 Å². The molecule has 2 nitrogen and oxygen atoms in total. The zero-order chi connectivity index (χ0) is 12.4. The van der Waals surface area contributed by atoms with Crippen LogP contribution < -0.4 is 5.32 Å². The SMILES string of the molecule is CC1CN(Cc2ccc(Br)c(F)c2)CC(C)N1. The molecule has 0 radical (unpaired) electrons. The molecular formula is C13H18BrFN2. The highest BCUT2D eigenvalue weighted by Gasteiger charge is 2.20. The van der Waals surface area contributed by atoms with Gasteiger partial charge in [0.15, 0.2) is 0 Å². The molecule has 17 heavy (non-hydrogen) atoms. The van der Waals surface area contributed by atoms with Crippen LogP contribution >= 0.6 is 15.9 Å². The zero-order valence-corrected chi connectivity index (χ0v) is 11.8. The van der Waals surface area contributed by atoms with E-state index >= 15 is 0 Å². The smallest absolute Gasteiger partial charge is 0.137 e. The third-order valence-electron chi connectivity index (χ3n) is 3.02. The molecule has 4 heteroatoms. The van der Waals surface area contributed by atoms with Crippen LogP contribution in [-0.4, -0.2) is 30.1 Å². The summed E-state index contributed by atoms with van der Waals surface area (Å²) in [6, 6.07) is 6.37. The van der Waals surface area contributed by atoms with E-state index < -0.39 is 0 Å². The van der Waals surface area contributed by atoms with E-state index in [0.29, 0.717) is 16.6 Å². The fourth-order valence-electron chi connectivity index (χ4n) is 2.47. The fraction of sp³-hybridized carbons (Fsp3) is 0.538. The second kappa shape index (κ2) is 5.46. The van der Waals surface area contributed by atoms with Crippen molar-refractivity contribution in [3.63, 3.8) is 0 Å². The normalized spacial score (nSPS) is 26.1. The number of rotatable bonds is 2. The van der Waals surface area contributed by atoms with Gasteiger partial charge in [-0.15, -0.1) is 0 Å². The van der Waals surface area contributed by atoms with E-state index in [1.165, 1.54) is 0 Å². The van der Waals surface area contributed by atoms with Crippen LogP contribution in [0.15, 0.2) is 22.7 Å².